The SMILES string of the molecule is COC(=O)[C@H](Cc1ccc(I)cc1)NC(=O)c1ccccc1. The second-order valence-corrected chi connectivity index (χ2v) is 5.99. The lowest BCUT2D eigenvalue weighted by atomic mass is 10.1. The van der Waals surface area contributed by atoms with Gasteiger partial charge in [0.25, 0.3) is 5.91 Å². The van der Waals surface area contributed by atoms with Crippen LogP contribution in [-0.2, 0) is 16.0 Å². The van der Waals surface area contributed by atoms with Gasteiger partial charge in [-0.15, -0.1) is 0 Å². The Kier molecular flexibility index (Phi) is 5.94. The smallest absolute Gasteiger partial charge is 0.328 e. The number of ether oxygens (including phenoxy) is 1. The van der Waals surface area contributed by atoms with Crippen molar-refractivity contribution < 1.29 is 14.3 Å². The molecule has 2 rings (SSSR count). The molecule has 22 heavy (non-hydrogen) atoms. The van der Waals surface area contributed by atoms with E-state index in [-0.39, 0.29) is 5.91 Å². The number of benzene rings is 2. The van der Waals surface area contributed by atoms with Crippen molar-refractivity contribution in [1.29, 1.82) is 0 Å². The zero-order valence-corrected chi connectivity index (χ0v) is 14.2. The molecular weight excluding hydrogens is 393 g/mol. The molecule has 4 nitrogen and oxygen atoms in total. The van der Waals surface area contributed by atoms with Crippen LogP contribution in [0.5, 0.6) is 0 Å². The third-order valence-corrected chi connectivity index (χ3v) is 3.90. The second-order valence-electron chi connectivity index (χ2n) is 4.75. The van der Waals surface area contributed by atoms with Crippen LogP contribution in [0.1, 0.15) is 15.9 Å². The summed E-state index contributed by atoms with van der Waals surface area (Å²) >= 11 is 2.22. The summed E-state index contributed by atoms with van der Waals surface area (Å²) in [6, 6.07) is 15.9. The van der Waals surface area contributed by atoms with Gasteiger partial charge in [0.2, 0.25) is 0 Å². The molecule has 2 aromatic carbocycles. The Morgan fingerprint density at radius 1 is 1.09 bits per heavy atom. The summed E-state index contributed by atoms with van der Waals surface area (Å²) in [5.41, 5.74) is 1.48. The van der Waals surface area contributed by atoms with E-state index in [1.807, 2.05) is 30.3 Å². The van der Waals surface area contributed by atoms with Crippen LogP contribution in [0.4, 0.5) is 0 Å². The quantitative estimate of drug-likeness (QED) is 0.611. The highest BCUT2D eigenvalue weighted by Gasteiger charge is 2.22. The van der Waals surface area contributed by atoms with E-state index in [0.717, 1.165) is 9.13 Å². The van der Waals surface area contributed by atoms with Crippen molar-refractivity contribution in [3.8, 4) is 0 Å². The van der Waals surface area contributed by atoms with Gasteiger partial charge < -0.3 is 10.1 Å². The number of hydrogen-bond donors (Lipinski definition) is 1. The van der Waals surface area contributed by atoms with Gasteiger partial charge in [0.05, 0.1) is 7.11 Å². The normalized spacial score (nSPS) is 11.5. The summed E-state index contributed by atoms with van der Waals surface area (Å²) in [4.78, 5) is 24.1. The number of carbonyl (C=O) groups excluding carboxylic acids is 2. The molecule has 0 aliphatic heterocycles. The van der Waals surface area contributed by atoms with E-state index >= 15 is 0 Å². The molecule has 0 heterocycles. The molecule has 114 valence electrons. The molecule has 0 aliphatic carbocycles. The van der Waals surface area contributed by atoms with Crippen molar-refractivity contribution in [2.45, 2.75) is 12.5 Å². The number of nitrogens with one attached hydrogen (secondary N) is 1. The largest absolute Gasteiger partial charge is 0.467 e. The van der Waals surface area contributed by atoms with E-state index in [9.17, 15) is 9.59 Å². The summed E-state index contributed by atoms with van der Waals surface area (Å²) in [6.45, 7) is 0. The highest BCUT2D eigenvalue weighted by Crippen LogP contribution is 2.10. The van der Waals surface area contributed by atoms with E-state index < -0.39 is 12.0 Å². The van der Waals surface area contributed by atoms with Crippen LogP contribution in [0.15, 0.2) is 54.6 Å². The van der Waals surface area contributed by atoms with Gasteiger partial charge in [0.1, 0.15) is 6.04 Å². The second kappa shape index (κ2) is 7.93. The van der Waals surface area contributed by atoms with Crippen LogP contribution in [0.25, 0.3) is 0 Å². The van der Waals surface area contributed by atoms with E-state index in [0.29, 0.717) is 12.0 Å². The summed E-state index contributed by atoms with van der Waals surface area (Å²) < 4.78 is 5.90. The Bertz CT molecular complexity index is 641. The van der Waals surface area contributed by atoms with Crippen LogP contribution in [-0.4, -0.2) is 25.0 Å². The standard InChI is InChI=1S/C17H16INO3/c1-22-17(21)15(11-12-7-9-14(18)10-8-12)19-16(20)13-5-3-2-4-6-13/h2-10,15H,11H2,1H3,(H,19,20)/t15-/m0/s1. The molecule has 0 spiro atoms. The first-order valence-corrected chi connectivity index (χ1v) is 7.86. The Morgan fingerprint density at radius 2 is 1.73 bits per heavy atom. The molecule has 5 heteroatoms. The van der Waals surface area contributed by atoms with Crippen molar-refractivity contribution in [3.63, 3.8) is 0 Å². The average molecular weight is 409 g/mol. The molecule has 1 amide bonds. The van der Waals surface area contributed by atoms with E-state index in [1.54, 1.807) is 24.3 Å². The number of methoxy groups -OCH3 is 1. The fourth-order valence-electron chi connectivity index (χ4n) is 2.02. The summed E-state index contributed by atoms with van der Waals surface area (Å²) in [5.74, 6) is -0.746. The van der Waals surface area contributed by atoms with Crippen LogP contribution in [0.3, 0.4) is 0 Å². The molecular formula is C17H16INO3. The Morgan fingerprint density at radius 3 is 2.32 bits per heavy atom. The van der Waals surface area contributed by atoms with Crippen LogP contribution in [0, 0.1) is 3.57 Å². The molecule has 0 fully saturated rings. The van der Waals surface area contributed by atoms with Crippen LogP contribution >= 0.6 is 22.6 Å². The molecule has 2 aromatic rings. The van der Waals surface area contributed by atoms with Gasteiger partial charge in [-0.25, -0.2) is 4.79 Å². The summed E-state index contributed by atoms with van der Waals surface area (Å²) in [5, 5.41) is 2.73. The van der Waals surface area contributed by atoms with Crippen molar-refractivity contribution in [2.24, 2.45) is 0 Å². The van der Waals surface area contributed by atoms with E-state index in [4.69, 9.17) is 4.74 Å². The fourth-order valence-corrected chi connectivity index (χ4v) is 2.38. The zero-order valence-electron chi connectivity index (χ0n) is 12.1. The minimum atomic E-state index is -0.710. The first-order chi connectivity index (χ1) is 10.6. The number of rotatable bonds is 5. The van der Waals surface area contributed by atoms with Crippen molar-refractivity contribution >= 4 is 34.5 Å². The zero-order chi connectivity index (χ0) is 15.9. The van der Waals surface area contributed by atoms with Crippen molar-refractivity contribution in [2.75, 3.05) is 7.11 Å². The lowest BCUT2D eigenvalue weighted by molar-refractivity contribution is -0.142. The third-order valence-electron chi connectivity index (χ3n) is 3.18. The fraction of sp³-hybridized carbons (Fsp3) is 0.176. The molecule has 1 atom stereocenters. The maximum Gasteiger partial charge on any atom is 0.328 e. The summed E-state index contributed by atoms with van der Waals surface area (Å²) in [6.07, 6.45) is 0.391. The first kappa shape index (κ1) is 16.5. The van der Waals surface area contributed by atoms with Gasteiger partial charge in [-0.3, -0.25) is 4.79 Å². The Balaban J connectivity index is 2.11. The van der Waals surface area contributed by atoms with Crippen LogP contribution in [0.2, 0.25) is 0 Å². The number of hydrogen-bond acceptors (Lipinski definition) is 3. The predicted octanol–water partition coefficient (Wildman–Crippen LogP) is 2.81. The van der Waals surface area contributed by atoms with E-state index in [1.165, 1.54) is 7.11 Å². The van der Waals surface area contributed by atoms with Crippen LogP contribution < -0.4 is 5.32 Å². The van der Waals surface area contributed by atoms with Gasteiger partial charge in [0.15, 0.2) is 0 Å². The predicted molar refractivity (Wildman–Crippen MR) is 92.6 cm³/mol. The number of esters is 1. The molecule has 0 radical (unpaired) electrons. The van der Waals surface area contributed by atoms with Gasteiger partial charge in [-0.05, 0) is 52.4 Å². The average Bonchev–Trinajstić information content (AvgIpc) is 2.56. The Labute approximate surface area is 143 Å². The highest BCUT2D eigenvalue weighted by atomic mass is 127. The van der Waals surface area contributed by atoms with Gasteiger partial charge in [-0.1, -0.05) is 30.3 Å². The van der Waals surface area contributed by atoms with Gasteiger partial charge >= 0.3 is 5.97 Å². The molecule has 0 aromatic heterocycles. The molecule has 0 bridgehead atoms. The highest BCUT2D eigenvalue weighted by molar-refractivity contribution is 14.1. The maximum atomic E-state index is 12.2. The topological polar surface area (TPSA) is 55.4 Å². The minimum absolute atomic E-state index is 0.290. The van der Waals surface area contributed by atoms with Crippen molar-refractivity contribution in [1.82, 2.24) is 5.32 Å². The van der Waals surface area contributed by atoms with E-state index in [2.05, 4.69) is 27.9 Å². The van der Waals surface area contributed by atoms with Gasteiger partial charge in [0, 0.05) is 15.6 Å². The molecule has 0 unspecified atom stereocenters. The number of amides is 1. The lowest BCUT2D eigenvalue weighted by Crippen LogP contribution is -2.43. The molecule has 0 saturated heterocycles. The minimum Gasteiger partial charge on any atom is -0.467 e. The maximum absolute atomic E-state index is 12.2. The lowest BCUT2D eigenvalue weighted by Gasteiger charge is -2.16. The molecule has 0 saturated carbocycles. The molecule has 1 N–H and O–H groups in total. The summed E-state index contributed by atoms with van der Waals surface area (Å²) in [7, 11) is 1.32. The number of halogens is 1. The van der Waals surface area contributed by atoms with Gasteiger partial charge in [-0.2, -0.15) is 0 Å². The third kappa shape index (κ3) is 4.56. The monoisotopic (exact) mass is 409 g/mol. The first-order valence-electron chi connectivity index (χ1n) is 6.78. The molecule has 0 aliphatic rings. The van der Waals surface area contributed by atoms with Crippen molar-refractivity contribution in [3.05, 3.63) is 69.3 Å². The number of carbonyl (C=O) groups is 2. The Hall–Kier alpha value is -1.89.